The van der Waals surface area contributed by atoms with E-state index in [9.17, 15) is 18.6 Å². The molecular formula is C12H16O5S. The predicted octanol–water partition coefficient (Wildman–Crippen LogP) is 0.608. The Bertz CT molecular complexity index is 492. The summed E-state index contributed by atoms with van der Waals surface area (Å²) >= 11 is 0. The van der Waals surface area contributed by atoms with Gasteiger partial charge in [0.05, 0.1) is 11.5 Å². The van der Waals surface area contributed by atoms with Crippen LogP contribution in [0.1, 0.15) is 5.56 Å². The Kier molecular flexibility index (Phi) is 5.03. The lowest BCUT2D eigenvalue weighted by molar-refractivity contribution is 0.0184. The number of hydrogen-bond donors (Lipinski definition) is 2. The summed E-state index contributed by atoms with van der Waals surface area (Å²) in [6.07, 6.45) is -1.45. The maximum absolute atomic E-state index is 11.7. The molecule has 0 amide bonds. The molecule has 0 heterocycles. The van der Waals surface area contributed by atoms with Crippen molar-refractivity contribution in [3.8, 4) is 0 Å². The smallest absolute Gasteiger partial charge is 0.297 e. The lowest BCUT2D eigenvalue weighted by Gasteiger charge is -2.14. The number of aliphatic hydroxyl groups excluding tert-OH is 2. The number of aryl methyl sites for hydroxylation is 1. The fourth-order valence-corrected chi connectivity index (χ4v) is 2.11. The number of aliphatic hydroxyl groups is 2. The first-order valence-corrected chi connectivity index (χ1v) is 6.72. The minimum absolute atomic E-state index is 0.00777. The summed E-state index contributed by atoms with van der Waals surface area (Å²) in [5.74, 6) is 0. The lowest BCUT2D eigenvalue weighted by atomic mass is 10.2. The molecule has 0 radical (unpaired) electrons. The van der Waals surface area contributed by atoms with Gasteiger partial charge in [-0.1, -0.05) is 23.8 Å². The molecule has 0 fully saturated rings. The quantitative estimate of drug-likeness (QED) is 0.585. The summed E-state index contributed by atoms with van der Waals surface area (Å²) in [6, 6.07) is 6.12. The molecule has 100 valence electrons. The van der Waals surface area contributed by atoms with Crippen molar-refractivity contribution in [3.05, 3.63) is 42.5 Å². The van der Waals surface area contributed by atoms with E-state index in [1.54, 1.807) is 12.1 Å². The molecule has 0 unspecified atom stereocenters. The van der Waals surface area contributed by atoms with Crippen molar-refractivity contribution < 1.29 is 22.8 Å². The monoisotopic (exact) mass is 272 g/mol. The summed E-state index contributed by atoms with van der Waals surface area (Å²) < 4.78 is 28.1. The van der Waals surface area contributed by atoms with E-state index in [1.165, 1.54) is 12.1 Å². The zero-order valence-corrected chi connectivity index (χ0v) is 10.8. The third kappa shape index (κ3) is 3.92. The van der Waals surface area contributed by atoms with Gasteiger partial charge in [0.15, 0.2) is 0 Å². The van der Waals surface area contributed by atoms with Crippen molar-refractivity contribution in [1.82, 2.24) is 0 Å². The summed E-state index contributed by atoms with van der Waals surface area (Å²) in [5.41, 5.74) is 0.927. The zero-order valence-electron chi connectivity index (χ0n) is 9.98. The van der Waals surface area contributed by atoms with Crippen LogP contribution >= 0.6 is 0 Å². The first-order chi connectivity index (χ1) is 8.36. The second-order valence-electron chi connectivity index (χ2n) is 3.85. The highest BCUT2D eigenvalue weighted by atomic mass is 32.2. The first kappa shape index (κ1) is 14.8. The Labute approximate surface area is 106 Å². The van der Waals surface area contributed by atoms with Gasteiger partial charge in [-0.2, -0.15) is 8.42 Å². The molecule has 18 heavy (non-hydrogen) atoms. The van der Waals surface area contributed by atoms with Crippen LogP contribution in [-0.4, -0.2) is 37.4 Å². The second kappa shape index (κ2) is 6.10. The Hall–Kier alpha value is -1.21. The molecule has 0 aliphatic carbocycles. The fourth-order valence-electron chi connectivity index (χ4n) is 1.19. The summed E-state index contributed by atoms with van der Waals surface area (Å²) in [4.78, 5) is 0.00777. The SMILES string of the molecule is C=C[C@H](O)[C@@H](O)COS(=O)(=O)c1ccc(C)cc1. The molecule has 0 aliphatic heterocycles. The molecule has 0 spiro atoms. The highest BCUT2D eigenvalue weighted by molar-refractivity contribution is 7.86. The van der Waals surface area contributed by atoms with Crippen LogP contribution in [0, 0.1) is 6.92 Å². The first-order valence-electron chi connectivity index (χ1n) is 5.31. The largest absolute Gasteiger partial charge is 0.388 e. The van der Waals surface area contributed by atoms with Gasteiger partial charge in [-0.05, 0) is 19.1 Å². The van der Waals surface area contributed by atoms with E-state index in [-0.39, 0.29) is 4.90 Å². The number of hydrogen-bond acceptors (Lipinski definition) is 5. The average molecular weight is 272 g/mol. The van der Waals surface area contributed by atoms with Gasteiger partial charge in [0.1, 0.15) is 12.2 Å². The van der Waals surface area contributed by atoms with Gasteiger partial charge in [0.25, 0.3) is 10.1 Å². The van der Waals surface area contributed by atoms with Gasteiger partial charge < -0.3 is 10.2 Å². The second-order valence-corrected chi connectivity index (χ2v) is 5.46. The van der Waals surface area contributed by atoms with Crippen LogP contribution in [0.15, 0.2) is 41.8 Å². The predicted molar refractivity (Wildman–Crippen MR) is 66.5 cm³/mol. The normalized spacial score (nSPS) is 15.1. The standard InChI is InChI=1S/C12H16O5S/c1-3-11(13)12(14)8-17-18(15,16)10-6-4-9(2)5-7-10/h3-7,11-14H,1,8H2,2H3/t11-,12-/m0/s1. The van der Waals surface area contributed by atoms with Crippen LogP contribution < -0.4 is 0 Å². The van der Waals surface area contributed by atoms with Gasteiger partial charge in [-0.15, -0.1) is 6.58 Å². The molecule has 2 atom stereocenters. The van der Waals surface area contributed by atoms with Crippen molar-refractivity contribution in [2.75, 3.05) is 6.61 Å². The molecule has 0 saturated heterocycles. The Morgan fingerprint density at radius 2 is 1.89 bits per heavy atom. The van der Waals surface area contributed by atoms with Gasteiger partial charge in [-0.25, -0.2) is 0 Å². The summed E-state index contributed by atoms with van der Waals surface area (Å²) in [6.45, 7) is 4.59. The molecule has 1 rings (SSSR count). The number of benzene rings is 1. The van der Waals surface area contributed by atoms with Gasteiger partial charge in [-0.3, -0.25) is 4.18 Å². The molecule has 1 aromatic rings. The molecule has 0 aromatic heterocycles. The highest BCUT2D eigenvalue weighted by Crippen LogP contribution is 2.13. The van der Waals surface area contributed by atoms with E-state index in [0.29, 0.717) is 0 Å². The van der Waals surface area contributed by atoms with E-state index in [0.717, 1.165) is 11.6 Å². The van der Waals surface area contributed by atoms with Crippen molar-refractivity contribution in [1.29, 1.82) is 0 Å². The lowest BCUT2D eigenvalue weighted by Crippen LogP contribution is -2.29. The van der Waals surface area contributed by atoms with Crippen molar-refractivity contribution in [2.24, 2.45) is 0 Å². The molecule has 0 aliphatic rings. The molecule has 5 nitrogen and oxygen atoms in total. The topological polar surface area (TPSA) is 83.8 Å². The minimum Gasteiger partial charge on any atom is -0.388 e. The molecule has 0 saturated carbocycles. The number of rotatable bonds is 6. The van der Waals surface area contributed by atoms with Crippen molar-refractivity contribution in [2.45, 2.75) is 24.0 Å². The molecule has 6 heteroatoms. The van der Waals surface area contributed by atoms with E-state index in [2.05, 4.69) is 10.8 Å². The minimum atomic E-state index is -3.92. The molecule has 0 bridgehead atoms. The van der Waals surface area contributed by atoms with Crippen LogP contribution in [0.25, 0.3) is 0 Å². The summed E-state index contributed by atoms with van der Waals surface area (Å²) in [7, 11) is -3.92. The average Bonchev–Trinajstić information content (AvgIpc) is 2.35. The third-order valence-electron chi connectivity index (χ3n) is 2.34. The fraction of sp³-hybridized carbons (Fsp3) is 0.333. The van der Waals surface area contributed by atoms with E-state index >= 15 is 0 Å². The molecule has 1 aromatic carbocycles. The summed E-state index contributed by atoms with van der Waals surface area (Å²) in [5, 5.41) is 18.5. The van der Waals surface area contributed by atoms with Gasteiger partial charge in [0, 0.05) is 0 Å². The Morgan fingerprint density at radius 3 is 2.39 bits per heavy atom. The maximum Gasteiger partial charge on any atom is 0.297 e. The van der Waals surface area contributed by atoms with Crippen molar-refractivity contribution >= 4 is 10.1 Å². The zero-order chi connectivity index (χ0) is 13.8. The van der Waals surface area contributed by atoms with E-state index in [1.807, 2.05) is 6.92 Å². The van der Waals surface area contributed by atoms with E-state index < -0.39 is 28.9 Å². The van der Waals surface area contributed by atoms with Crippen LogP contribution in [-0.2, 0) is 14.3 Å². The molecular weight excluding hydrogens is 256 g/mol. The maximum atomic E-state index is 11.7. The Morgan fingerprint density at radius 1 is 1.33 bits per heavy atom. The van der Waals surface area contributed by atoms with Crippen LogP contribution in [0.2, 0.25) is 0 Å². The van der Waals surface area contributed by atoms with Crippen LogP contribution in [0.5, 0.6) is 0 Å². The van der Waals surface area contributed by atoms with Gasteiger partial charge in [0.2, 0.25) is 0 Å². The third-order valence-corrected chi connectivity index (χ3v) is 3.64. The van der Waals surface area contributed by atoms with E-state index in [4.69, 9.17) is 0 Å². The van der Waals surface area contributed by atoms with Crippen molar-refractivity contribution in [3.63, 3.8) is 0 Å². The van der Waals surface area contributed by atoms with Gasteiger partial charge >= 0.3 is 0 Å². The highest BCUT2D eigenvalue weighted by Gasteiger charge is 2.20. The molecule has 2 N–H and O–H groups in total. The van der Waals surface area contributed by atoms with Crippen LogP contribution in [0.4, 0.5) is 0 Å². The van der Waals surface area contributed by atoms with Crippen LogP contribution in [0.3, 0.4) is 0 Å². The Balaban J connectivity index is 2.71.